The van der Waals surface area contributed by atoms with E-state index in [2.05, 4.69) is 14.8 Å². The van der Waals surface area contributed by atoms with Crippen LogP contribution in [0.25, 0.3) is 0 Å². The molecule has 2 rings (SSSR count). The molecular formula is C14H22Cl2N4. The second kappa shape index (κ2) is 8.03. The number of piperazine rings is 1. The van der Waals surface area contributed by atoms with E-state index in [9.17, 15) is 0 Å². The first-order valence-corrected chi connectivity index (χ1v) is 7.94. The van der Waals surface area contributed by atoms with E-state index in [-0.39, 0.29) is 0 Å². The first-order chi connectivity index (χ1) is 9.70. The second-order valence-corrected chi connectivity index (χ2v) is 5.98. The third-order valence-electron chi connectivity index (χ3n) is 3.64. The lowest BCUT2D eigenvalue weighted by atomic mass is 10.2. The molecule has 0 amide bonds. The van der Waals surface area contributed by atoms with E-state index in [1.165, 1.54) is 12.8 Å². The van der Waals surface area contributed by atoms with Crippen molar-refractivity contribution in [3.05, 3.63) is 22.3 Å². The Hall–Kier alpha value is -0.550. The van der Waals surface area contributed by atoms with Crippen LogP contribution in [0.4, 0.5) is 5.82 Å². The number of unbranched alkanes of at least 4 members (excludes halogenated alkanes) is 2. The smallest absolute Gasteiger partial charge is 0.147 e. The van der Waals surface area contributed by atoms with Gasteiger partial charge in [0.2, 0.25) is 0 Å². The van der Waals surface area contributed by atoms with Crippen molar-refractivity contribution in [3.63, 3.8) is 0 Å². The normalized spacial score (nSPS) is 16.6. The lowest BCUT2D eigenvalue weighted by Crippen LogP contribution is -2.47. The number of halogens is 2. The molecule has 0 bridgehead atoms. The number of hydrogen-bond acceptors (Lipinski definition) is 4. The number of pyridine rings is 1. The lowest BCUT2D eigenvalue weighted by molar-refractivity contribution is 0.252. The van der Waals surface area contributed by atoms with Crippen molar-refractivity contribution in [2.75, 3.05) is 44.2 Å². The Balaban J connectivity index is 1.79. The van der Waals surface area contributed by atoms with E-state index in [4.69, 9.17) is 28.9 Å². The van der Waals surface area contributed by atoms with Crippen LogP contribution in [0, 0.1) is 0 Å². The van der Waals surface area contributed by atoms with Crippen LogP contribution in [-0.2, 0) is 0 Å². The maximum Gasteiger partial charge on any atom is 0.147 e. The third kappa shape index (κ3) is 4.48. The van der Waals surface area contributed by atoms with E-state index in [0.717, 1.165) is 51.5 Å². The highest BCUT2D eigenvalue weighted by Crippen LogP contribution is 2.26. The first-order valence-electron chi connectivity index (χ1n) is 7.19. The van der Waals surface area contributed by atoms with Crippen LogP contribution < -0.4 is 10.6 Å². The molecule has 1 saturated heterocycles. The zero-order valence-corrected chi connectivity index (χ0v) is 13.2. The molecule has 1 fully saturated rings. The molecule has 0 spiro atoms. The molecule has 1 aromatic heterocycles. The van der Waals surface area contributed by atoms with E-state index < -0.39 is 0 Å². The number of nitrogens with two attached hydrogens (primary N) is 1. The van der Waals surface area contributed by atoms with Crippen LogP contribution in [0.15, 0.2) is 12.3 Å². The number of rotatable bonds is 6. The molecule has 0 radical (unpaired) electrons. The minimum atomic E-state index is 0.581. The van der Waals surface area contributed by atoms with Crippen molar-refractivity contribution in [1.82, 2.24) is 9.88 Å². The minimum absolute atomic E-state index is 0.581. The number of hydrogen-bond donors (Lipinski definition) is 1. The molecule has 20 heavy (non-hydrogen) atoms. The highest BCUT2D eigenvalue weighted by atomic mass is 35.5. The fourth-order valence-electron chi connectivity index (χ4n) is 2.48. The minimum Gasteiger partial charge on any atom is -0.353 e. The summed E-state index contributed by atoms with van der Waals surface area (Å²) < 4.78 is 0. The lowest BCUT2D eigenvalue weighted by Gasteiger charge is -2.35. The molecule has 112 valence electrons. The quantitative estimate of drug-likeness (QED) is 0.819. The summed E-state index contributed by atoms with van der Waals surface area (Å²) >= 11 is 12.1. The maximum atomic E-state index is 6.20. The Morgan fingerprint density at radius 3 is 2.50 bits per heavy atom. The van der Waals surface area contributed by atoms with Crippen molar-refractivity contribution < 1.29 is 0 Å². The second-order valence-electron chi connectivity index (χ2n) is 5.14. The molecule has 2 N–H and O–H groups in total. The van der Waals surface area contributed by atoms with Crippen LogP contribution in [0.3, 0.4) is 0 Å². The summed E-state index contributed by atoms with van der Waals surface area (Å²) in [5.41, 5.74) is 5.51. The van der Waals surface area contributed by atoms with E-state index >= 15 is 0 Å². The van der Waals surface area contributed by atoms with Crippen molar-refractivity contribution >= 4 is 29.0 Å². The van der Waals surface area contributed by atoms with Gasteiger partial charge < -0.3 is 10.6 Å². The third-order valence-corrected chi connectivity index (χ3v) is 4.12. The SMILES string of the molecule is NCCCCCN1CCN(c2ncc(Cl)cc2Cl)CC1. The van der Waals surface area contributed by atoms with Crippen LogP contribution in [-0.4, -0.2) is 49.2 Å². The largest absolute Gasteiger partial charge is 0.353 e. The predicted molar refractivity (Wildman–Crippen MR) is 85.8 cm³/mol. The van der Waals surface area contributed by atoms with Crippen LogP contribution in [0.1, 0.15) is 19.3 Å². The summed E-state index contributed by atoms with van der Waals surface area (Å²) in [6.45, 7) is 6.01. The highest BCUT2D eigenvalue weighted by Gasteiger charge is 2.19. The van der Waals surface area contributed by atoms with Gasteiger partial charge in [-0.25, -0.2) is 4.98 Å². The Bertz CT molecular complexity index is 420. The summed E-state index contributed by atoms with van der Waals surface area (Å²) in [6, 6.07) is 1.75. The van der Waals surface area contributed by atoms with Gasteiger partial charge in [-0.2, -0.15) is 0 Å². The van der Waals surface area contributed by atoms with Gasteiger partial charge in [0.1, 0.15) is 5.82 Å². The number of nitrogens with zero attached hydrogens (tertiary/aromatic N) is 3. The fraction of sp³-hybridized carbons (Fsp3) is 0.643. The monoisotopic (exact) mass is 316 g/mol. The molecule has 2 heterocycles. The zero-order chi connectivity index (χ0) is 14.4. The van der Waals surface area contributed by atoms with Gasteiger partial charge in [-0.05, 0) is 32.0 Å². The van der Waals surface area contributed by atoms with Gasteiger partial charge in [0.15, 0.2) is 0 Å². The van der Waals surface area contributed by atoms with Gasteiger partial charge in [-0.3, -0.25) is 4.90 Å². The molecule has 0 unspecified atom stereocenters. The molecule has 1 aromatic rings. The molecule has 0 aromatic carbocycles. The standard InChI is InChI=1S/C14H22Cl2N4/c15-12-10-13(16)14(18-11-12)20-8-6-19(7-9-20)5-3-1-2-4-17/h10-11H,1-9,17H2. The van der Waals surface area contributed by atoms with Gasteiger partial charge in [-0.15, -0.1) is 0 Å². The molecule has 0 aliphatic carbocycles. The van der Waals surface area contributed by atoms with Gasteiger partial charge in [0.05, 0.1) is 10.0 Å². The van der Waals surface area contributed by atoms with Gasteiger partial charge >= 0.3 is 0 Å². The average molecular weight is 317 g/mol. The van der Waals surface area contributed by atoms with Gasteiger partial charge in [-0.1, -0.05) is 29.6 Å². The maximum absolute atomic E-state index is 6.20. The van der Waals surface area contributed by atoms with Crippen LogP contribution in [0.2, 0.25) is 10.0 Å². The Morgan fingerprint density at radius 1 is 1.10 bits per heavy atom. The predicted octanol–water partition coefficient (Wildman–Crippen LogP) is 2.64. The first kappa shape index (κ1) is 15.8. The van der Waals surface area contributed by atoms with Gasteiger partial charge in [0, 0.05) is 32.4 Å². The summed E-state index contributed by atoms with van der Waals surface area (Å²) in [7, 11) is 0. The zero-order valence-electron chi connectivity index (χ0n) is 11.7. The van der Waals surface area contributed by atoms with E-state index in [1.54, 1.807) is 12.3 Å². The van der Waals surface area contributed by atoms with Crippen molar-refractivity contribution in [2.45, 2.75) is 19.3 Å². The summed E-state index contributed by atoms with van der Waals surface area (Å²) in [5.74, 6) is 0.846. The molecule has 6 heteroatoms. The van der Waals surface area contributed by atoms with Crippen molar-refractivity contribution in [2.24, 2.45) is 5.73 Å². The van der Waals surface area contributed by atoms with Crippen LogP contribution in [0.5, 0.6) is 0 Å². The van der Waals surface area contributed by atoms with E-state index in [1.807, 2.05) is 0 Å². The topological polar surface area (TPSA) is 45.4 Å². The Morgan fingerprint density at radius 2 is 1.85 bits per heavy atom. The summed E-state index contributed by atoms with van der Waals surface area (Å²) in [4.78, 5) is 9.07. The van der Waals surface area contributed by atoms with Gasteiger partial charge in [0.25, 0.3) is 0 Å². The van der Waals surface area contributed by atoms with Crippen molar-refractivity contribution in [1.29, 1.82) is 0 Å². The molecule has 1 aliphatic rings. The molecule has 0 saturated carbocycles. The molecule has 0 atom stereocenters. The fourth-order valence-corrected chi connectivity index (χ4v) is 2.98. The van der Waals surface area contributed by atoms with Crippen LogP contribution >= 0.6 is 23.2 Å². The Labute approximate surface area is 130 Å². The highest BCUT2D eigenvalue weighted by molar-refractivity contribution is 6.36. The number of anilines is 1. The molecule has 1 aliphatic heterocycles. The van der Waals surface area contributed by atoms with Crippen molar-refractivity contribution in [3.8, 4) is 0 Å². The summed E-state index contributed by atoms with van der Waals surface area (Å²) in [5, 5.41) is 1.21. The molecule has 4 nitrogen and oxygen atoms in total. The number of aromatic nitrogens is 1. The Kier molecular flexibility index (Phi) is 6.36. The average Bonchev–Trinajstić information content (AvgIpc) is 2.45. The van der Waals surface area contributed by atoms with E-state index in [0.29, 0.717) is 10.0 Å². The molecular weight excluding hydrogens is 295 g/mol. The summed E-state index contributed by atoms with van der Waals surface area (Å²) in [6.07, 6.45) is 5.24.